The van der Waals surface area contributed by atoms with E-state index in [9.17, 15) is 4.79 Å². The molecule has 0 bridgehead atoms. The third kappa shape index (κ3) is 2.71. The number of carbonyl (C=O) groups is 1. The van der Waals surface area contributed by atoms with Gasteiger partial charge in [-0.15, -0.1) is 0 Å². The highest BCUT2D eigenvalue weighted by Crippen LogP contribution is 2.34. The summed E-state index contributed by atoms with van der Waals surface area (Å²) in [6, 6.07) is 0. The van der Waals surface area contributed by atoms with Crippen LogP contribution in [-0.4, -0.2) is 37.0 Å². The smallest absolute Gasteiger partial charge is 0.230 e. The molecule has 2 aliphatic heterocycles. The number of amides is 1. The monoisotopic (exact) mass is 252 g/mol. The topological polar surface area (TPSA) is 32.3 Å². The molecule has 18 heavy (non-hydrogen) atoms. The van der Waals surface area contributed by atoms with Crippen LogP contribution in [0.5, 0.6) is 0 Å². The van der Waals surface area contributed by atoms with Crippen molar-refractivity contribution in [2.24, 2.45) is 11.3 Å². The van der Waals surface area contributed by atoms with Crippen LogP contribution in [-0.2, 0) is 4.79 Å². The van der Waals surface area contributed by atoms with Crippen molar-refractivity contribution >= 4 is 5.91 Å². The summed E-state index contributed by atoms with van der Waals surface area (Å²) in [7, 11) is 0. The number of carbonyl (C=O) groups excluding carboxylic acids is 1. The van der Waals surface area contributed by atoms with Crippen LogP contribution in [0.2, 0.25) is 0 Å². The molecule has 0 aliphatic carbocycles. The Hall–Kier alpha value is -0.570. The first kappa shape index (κ1) is 13.9. The van der Waals surface area contributed by atoms with Gasteiger partial charge in [-0.05, 0) is 44.6 Å². The van der Waals surface area contributed by atoms with E-state index in [1.54, 1.807) is 0 Å². The fraction of sp³-hybridized carbons (Fsp3) is 0.933. The van der Waals surface area contributed by atoms with Gasteiger partial charge in [0.2, 0.25) is 5.91 Å². The number of hydrogen-bond acceptors (Lipinski definition) is 2. The summed E-state index contributed by atoms with van der Waals surface area (Å²) < 4.78 is 0. The molecule has 0 saturated carbocycles. The number of nitrogens with one attached hydrogen (secondary N) is 1. The van der Waals surface area contributed by atoms with Gasteiger partial charge in [0.25, 0.3) is 0 Å². The Bertz CT molecular complexity index is 276. The zero-order valence-electron chi connectivity index (χ0n) is 12.0. The average molecular weight is 252 g/mol. The van der Waals surface area contributed by atoms with Crippen molar-refractivity contribution in [2.75, 3.05) is 26.2 Å². The highest BCUT2D eigenvalue weighted by molar-refractivity contribution is 5.83. The number of piperidine rings is 2. The molecule has 2 saturated heterocycles. The number of rotatable bonds is 3. The summed E-state index contributed by atoms with van der Waals surface area (Å²) in [6.45, 7) is 8.37. The summed E-state index contributed by atoms with van der Waals surface area (Å²) in [4.78, 5) is 14.9. The summed E-state index contributed by atoms with van der Waals surface area (Å²) in [5.74, 6) is 1.27. The van der Waals surface area contributed by atoms with Crippen LogP contribution < -0.4 is 5.32 Å². The van der Waals surface area contributed by atoms with Crippen molar-refractivity contribution in [1.82, 2.24) is 10.2 Å². The highest BCUT2D eigenvalue weighted by Gasteiger charge is 2.41. The molecule has 0 aromatic carbocycles. The largest absolute Gasteiger partial charge is 0.342 e. The Morgan fingerprint density at radius 2 is 2.06 bits per heavy atom. The maximum Gasteiger partial charge on any atom is 0.230 e. The molecule has 1 unspecified atom stereocenters. The predicted octanol–water partition coefficient (Wildman–Crippen LogP) is 2.41. The molecule has 0 spiro atoms. The molecule has 104 valence electrons. The van der Waals surface area contributed by atoms with Gasteiger partial charge in [-0.3, -0.25) is 4.79 Å². The van der Waals surface area contributed by atoms with Crippen molar-refractivity contribution in [3.63, 3.8) is 0 Å². The molecule has 2 fully saturated rings. The summed E-state index contributed by atoms with van der Waals surface area (Å²) in [5, 5.41) is 3.42. The zero-order chi connectivity index (χ0) is 13.0. The average Bonchev–Trinajstić information content (AvgIpc) is 2.47. The van der Waals surface area contributed by atoms with E-state index in [0.29, 0.717) is 5.91 Å². The van der Waals surface area contributed by atoms with Gasteiger partial charge in [-0.2, -0.15) is 0 Å². The number of nitrogens with zero attached hydrogens (tertiary/aromatic N) is 1. The molecule has 1 amide bonds. The van der Waals surface area contributed by atoms with E-state index >= 15 is 0 Å². The maximum atomic E-state index is 12.8. The van der Waals surface area contributed by atoms with Crippen molar-refractivity contribution < 1.29 is 4.79 Å². The molecule has 1 atom stereocenters. The Labute approximate surface area is 111 Å². The van der Waals surface area contributed by atoms with E-state index in [0.717, 1.165) is 51.4 Å². The third-order valence-corrected chi connectivity index (χ3v) is 5.08. The fourth-order valence-electron chi connectivity index (χ4n) is 3.48. The van der Waals surface area contributed by atoms with Gasteiger partial charge in [-0.1, -0.05) is 20.3 Å². The Morgan fingerprint density at radius 1 is 1.33 bits per heavy atom. The van der Waals surface area contributed by atoms with E-state index < -0.39 is 0 Å². The molecule has 2 heterocycles. The second-order valence-corrected chi connectivity index (χ2v) is 6.06. The summed E-state index contributed by atoms with van der Waals surface area (Å²) in [6.07, 6.45) is 6.87. The van der Waals surface area contributed by atoms with Gasteiger partial charge >= 0.3 is 0 Å². The van der Waals surface area contributed by atoms with Crippen LogP contribution in [0.25, 0.3) is 0 Å². The van der Waals surface area contributed by atoms with E-state index in [-0.39, 0.29) is 5.41 Å². The first-order valence-corrected chi connectivity index (χ1v) is 7.72. The first-order valence-electron chi connectivity index (χ1n) is 7.72. The summed E-state index contributed by atoms with van der Waals surface area (Å²) >= 11 is 0. The molecule has 3 heteroatoms. The molecular weight excluding hydrogens is 224 g/mol. The fourth-order valence-corrected chi connectivity index (χ4v) is 3.48. The predicted molar refractivity (Wildman–Crippen MR) is 74.4 cm³/mol. The molecule has 3 nitrogen and oxygen atoms in total. The lowest BCUT2D eigenvalue weighted by molar-refractivity contribution is -0.145. The van der Waals surface area contributed by atoms with Gasteiger partial charge < -0.3 is 10.2 Å². The Morgan fingerprint density at radius 3 is 2.56 bits per heavy atom. The molecule has 2 rings (SSSR count). The third-order valence-electron chi connectivity index (χ3n) is 5.08. The van der Waals surface area contributed by atoms with Crippen molar-refractivity contribution in [1.29, 1.82) is 0 Å². The van der Waals surface area contributed by atoms with Crippen LogP contribution >= 0.6 is 0 Å². The van der Waals surface area contributed by atoms with E-state index in [2.05, 4.69) is 24.1 Å². The lowest BCUT2D eigenvalue weighted by Crippen LogP contribution is -2.53. The first-order chi connectivity index (χ1) is 8.72. The number of likely N-dealkylation sites (tertiary alicyclic amines) is 1. The van der Waals surface area contributed by atoms with Gasteiger partial charge in [0.05, 0.1) is 5.41 Å². The Kier molecular flexibility index (Phi) is 4.66. The van der Waals surface area contributed by atoms with Gasteiger partial charge in [0.1, 0.15) is 0 Å². The second-order valence-electron chi connectivity index (χ2n) is 6.06. The van der Waals surface area contributed by atoms with E-state index in [4.69, 9.17) is 0 Å². The van der Waals surface area contributed by atoms with Gasteiger partial charge in [-0.25, -0.2) is 0 Å². The minimum atomic E-state index is -0.0999. The van der Waals surface area contributed by atoms with Crippen LogP contribution in [0.1, 0.15) is 52.4 Å². The molecule has 0 radical (unpaired) electrons. The van der Waals surface area contributed by atoms with Crippen LogP contribution in [0.4, 0.5) is 0 Å². The quantitative estimate of drug-likeness (QED) is 0.836. The van der Waals surface area contributed by atoms with Gasteiger partial charge in [0.15, 0.2) is 0 Å². The van der Waals surface area contributed by atoms with E-state index in [1.807, 2.05) is 0 Å². The zero-order valence-corrected chi connectivity index (χ0v) is 12.0. The standard InChI is InChI=1S/C15H28N2O/c1-3-13-6-10-17(11-7-13)14(18)15(4-2)8-5-9-16-12-15/h13,16H,3-12H2,1-2H3. The van der Waals surface area contributed by atoms with E-state index in [1.165, 1.54) is 19.3 Å². The molecule has 0 aromatic rings. The molecule has 2 aliphatic rings. The molecular formula is C15H28N2O. The summed E-state index contributed by atoms with van der Waals surface area (Å²) in [5.41, 5.74) is -0.0999. The minimum absolute atomic E-state index is 0.0999. The van der Waals surface area contributed by atoms with Crippen LogP contribution in [0, 0.1) is 11.3 Å². The molecule has 1 N–H and O–H groups in total. The number of hydrogen-bond donors (Lipinski definition) is 1. The maximum absolute atomic E-state index is 12.8. The second kappa shape index (κ2) is 6.05. The SMILES string of the molecule is CCC1CCN(C(=O)C2(CC)CCCNC2)CC1. The minimum Gasteiger partial charge on any atom is -0.342 e. The van der Waals surface area contributed by atoms with Gasteiger partial charge in [0, 0.05) is 19.6 Å². The van der Waals surface area contributed by atoms with Crippen molar-refractivity contribution in [3.8, 4) is 0 Å². The lowest BCUT2D eigenvalue weighted by atomic mass is 9.76. The normalized spacial score (nSPS) is 30.4. The lowest BCUT2D eigenvalue weighted by Gasteiger charge is -2.42. The Balaban J connectivity index is 1.97. The van der Waals surface area contributed by atoms with Crippen LogP contribution in [0.15, 0.2) is 0 Å². The van der Waals surface area contributed by atoms with Crippen molar-refractivity contribution in [2.45, 2.75) is 52.4 Å². The highest BCUT2D eigenvalue weighted by atomic mass is 16.2. The molecule has 0 aromatic heterocycles. The van der Waals surface area contributed by atoms with Crippen LogP contribution in [0.3, 0.4) is 0 Å². The van der Waals surface area contributed by atoms with Crippen molar-refractivity contribution in [3.05, 3.63) is 0 Å².